The first kappa shape index (κ1) is 12.7. The average Bonchev–Trinajstić information content (AvgIpc) is 2.33. The lowest BCUT2D eigenvalue weighted by molar-refractivity contribution is 0.0975. The van der Waals surface area contributed by atoms with Crippen molar-refractivity contribution in [3.8, 4) is 0 Å². The molecule has 0 heterocycles. The summed E-state index contributed by atoms with van der Waals surface area (Å²) in [5, 5.41) is 10.4. The van der Waals surface area contributed by atoms with Gasteiger partial charge in [-0.05, 0) is 37.1 Å². The van der Waals surface area contributed by atoms with Gasteiger partial charge in [-0.3, -0.25) is 0 Å². The number of benzene rings is 2. The molecular formula is C15H14F2O. The van der Waals surface area contributed by atoms with Crippen LogP contribution in [0.4, 0.5) is 8.78 Å². The molecule has 0 saturated carbocycles. The molecule has 1 unspecified atom stereocenters. The summed E-state index contributed by atoms with van der Waals surface area (Å²) in [6, 6.07) is 10.4. The molecule has 0 radical (unpaired) electrons. The summed E-state index contributed by atoms with van der Waals surface area (Å²) in [5.74, 6) is -0.924. The summed E-state index contributed by atoms with van der Waals surface area (Å²) in [6.45, 7) is 3.09. The molecule has 2 rings (SSSR count). The van der Waals surface area contributed by atoms with Crippen molar-refractivity contribution < 1.29 is 13.9 Å². The highest BCUT2D eigenvalue weighted by molar-refractivity contribution is 5.37. The Morgan fingerprint density at radius 2 is 1.67 bits per heavy atom. The average molecular weight is 248 g/mol. The summed E-state index contributed by atoms with van der Waals surface area (Å²) < 4.78 is 27.2. The van der Waals surface area contributed by atoms with Gasteiger partial charge in [-0.15, -0.1) is 0 Å². The van der Waals surface area contributed by atoms with Crippen LogP contribution in [0.3, 0.4) is 0 Å². The number of rotatable bonds is 2. The molecule has 0 bridgehead atoms. The van der Waals surface area contributed by atoms with Crippen LogP contribution in [0.2, 0.25) is 0 Å². The molecule has 0 saturated heterocycles. The van der Waals surface area contributed by atoms with Gasteiger partial charge in [-0.2, -0.15) is 0 Å². The fraction of sp³-hybridized carbons (Fsp3) is 0.200. The molecule has 2 aromatic rings. The normalized spacial score (nSPS) is 14.3. The van der Waals surface area contributed by atoms with E-state index in [0.29, 0.717) is 11.1 Å². The lowest BCUT2D eigenvalue weighted by Gasteiger charge is -2.25. The molecule has 1 nitrogen and oxygen atoms in total. The highest BCUT2D eigenvalue weighted by Gasteiger charge is 2.28. The van der Waals surface area contributed by atoms with Crippen LogP contribution in [-0.2, 0) is 5.60 Å². The highest BCUT2D eigenvalue weighted by atomic mass is 19.1. The molecule has 1 N–H and O–H groups in total. The molecule has 0 aromatic heterocycles. The first-order valence-corrected chi connectivity index (χ1v) is 5.67. The zero-order valence-corrected chi connectivity index (χ0v) is 10.2. The molecule has 0 amide bonds. The van der Waals surface area contributed by atoms with Crippen LogP contribution in [0.1, 0.15) is 23.6 Å². The van der Waals surface area contributed by atoms with E-state index in [1.165, 1.54) is 25.1 Å². The van der Waals surface area contributed by atoms with Gasteiger partial charge >= 0.3 is 0 Å². The molecule has 18 heavy (non-hydrogen) atoms. The van der Waals surface area contributed by atoms with Gasteiger partial charge in [-0.1, -0.05) is 30.3 Å². The maximum atomic E-state index is 13.7. The van der Waals surface area contributed by atoms with Crippen LogP contribution in [0.15, 0.2) is 42.5 Å². The van der Waals surface area contributed by atoms with Crippen LogP contribution in [0, 0.1) is 18.6 Å². The van der Waals surface area contributed by atoms with Gasteiger partial charge in [0.25, 0.3) is 0 Å². The van der Waals surface area contributed by atoms with Gasteiger partial charge in [0.1, 0.15) is 17.2 Å². The lowest BCUT2D eigenvalue weighted by Crippen LogP contribution is -2.24. The maximum Gasteiger partial charge on any atom is 0.129 e. The fourth-order valence-corrected chi connectivity index (χ4v) is 1.91. The molecule has 0 aliphatic heterocycles. The van der Waals surface area contributed by atoms with Gasteiger partial charge in [0.2, 0.25) is 0 Å². The Morgan fingerprint density at radius 1 is 1.00 bits per heavy atom. The van der Waals surface area contributed by atoms with E-state index in [-0.39, 0.29) is 5.56 Å². The summed E-state index contributed by atoms with van der Waals surface area (Å²) >= 11 is 0. The highest BCUT2D eigenvalue weighted by Crippen LogP contribution is 2.31. The van der Waals surface area contributed by atoms with Crippen molar-refractivity contribution >= 4 is 0 Å². The molecule has 0 spiro atoms. The largest absolute Gasteiger partial charge is 0.381 e. The number of hydrogen-bond acceptors (Lipinski definition) is 1. The second kappa shape index (κ2) is 4.50. The van der Waals surface area contributed by atoms with Gasteiger partial charge in [-0.25, -0.2) is 8.78 Å². The summed E-state index contributed by atoms with van der Waals surface area (Å²) in [6.07, 6.45) is 0. The number of halogens is 2. The van der Waals surface area contributed by atoms with Gasteiger partial charge in [0.05, 0.1) is 0 Å². The molecule has 0 aliphatic rings. The van der Waals surface area contributed by atoms with Gasteiger partial charge in [0, 0.05) is 5.56 Å². The van der Waals surface area contributed by atoms with Crippen molar-refractivity contribution in [2.24, 2.45) is 0 Å². The topological polar surface area (TPSA) is 20.2 Å². The van der Waals surface area contributed by atoms with Crippen LogP contribution in [0.25, 0.3) is 0 Å². The molecule has 2 aromatic carbocycles. The molecule has 0 aliphatic carbocycles. The molecule has 1 atom stereocenters. The predicted molar refractivity (Wildman–Crippen MR) is 66.2 cm³/mol. The Morgan fingerprint density at radius 3 is 2.28 bits per heavy atom. The fourth-order valence-electron chi connectivity index (χ4n) is 1.91. The first-order chi connectivity index (χ1) is 8.43. The van der Waals surface area contributed by atoms with Crippen molar-refractivity contribution in [3.63, 3.8) is 0 Å². The zero-order chi connectivity index (χ0) is 13.3. The van der Waals surface area contributed by atoms with Crippen LogP contribution in [0.5, 0.6) is 0 Å². The summed E-state index contributed by atoms with van der Waals surface area (Å²) in [7, 11) is 0. The van der Waals surface area contributed by atoms with E-state index < -0.39 is 17.2 Å². The smallest absolute Gasteiger partial charge is 0.129 e. The summed E-state index contributed by atoms with van der Waals surface area (Å²) in [5.41, 5.74) is -0.605. The van der Waals surface area contributed by atoms with E-state index in [9.17, 15) is 13.9 Å². The molecular weight excluding hydrogens is 234 g/mol. The second-order valence-corrected chi connectivity index (χ2v) is 4.52. The number of hydrogen-bond donors (Lipinski definition) is 1. The monoisotopic (exact) mass is 248 g/mol. The van der Waals surface area contributed by atoms with E-state index >= 15 is 0 Å². The third-order valence-electron chi connectivity index (χ3n) is 3.13. The summed E-state index contributed by atoms with van der Waals surface area (Å²) in [4.78, 5) is 0. The van der Waals surface area contributed by atoms with Crippen molar-refractivity contribution in [3.05, 3.63) is 70.8 Å². The predicted octanol–water partition coefficient (Wildman–Crippen LogP) is 3.53. The van der Waals surface area contributed by atoms with Crippen molar-refractivity contribution in [1.29, 1.82) is 0 Å². The van der Waals surface area contributed by atoms with Crippen LogP contribution in [-0.4, -0.2) is 5.11 Å². The standard InChI is InChI=1S/C15H14F2O/c1-10-7-8-11(9-14(10)17)15(2,18)12-5-3-4-6-13(12)16/h3-9,18H,1-2H3. The van der Waals surface area contributed by atoms with E-state index in [0.717, 1.165) is 0 Å². The minimum absolute atomic E-state index is 0.133. The molecule has 3 heteroatoms. The van der Waals surface area contributed by atoms with Gasteiger partial charge in [0.15, 0.2) is 0 Å². The Hall–Kier alpha value is -1.74. The third kappa shape index (κ3) is 2.14. The Balaban J connectivity index is 2.54. The third-order valence-corrected chi connectivity index (χ3v) is 3.13. The minimum Gasteiger partial charge on any atom is -0.381 e. The van der Waals surface area contributed by atoms with E-state index in [1.807, 2.05) is 0 Å². The van der Waals surface area contributed by atoms with E-state index in [2.05, 4.69) is 0 Å². The van der Waals surface area contributed by atoms with Crippen molar-refractivity contribution in [2.75, 3.05) is 0 Å². The van der Waals surface area contributed by atoms with Crippen molar-refractivity contribution in [1.82, 2.24) is 0 Å². The Bertz CT molecular complexity index is 576. The Labute approximate surface area is 105 Å². The molecule has 94 valence electrons. The van der Waals surface area contributed by atoms with Crippen molar-refractivity contribution in [2.45, 2.75) is 19.4 Å². The molecule has 0 fully saturated rings. The minimum atomic E-state index is -1.56. The second-order valence-electron chi connectivity index (χ2n) is 4.52. The van der Waals surface area contributed by atoms with Crippen LogP contribution >= 0.6 is 0 Å². The van der Waals surface area contributed by atoms with Gasteiger partial charge < -0.3 is 5.11 Å². The quantitative estimate of drug-likeness (QED) is 0.862. The number of aliphatic hydroxyl groups is 1. The first-order valence-electron chi connectivity index (χ1n) is 5.67. The lowest BCUT2D eigenvalue weighted by atomic mass is 9.87. The maximum absolute atomic E-state index is 13.7. The SMILES string of the molecule is Cc1ccc(C(C)(O)c2ccccc2F)cc1F. The zero-order valence-electron chi connectivity index (χ0n) is 10.2. The van der Waals surface area contributed by atoms with E-state index in [1.54, 1.807) is 31.2 Å². The van der Waals surface area contributed by atoms with E-state index in [4.69, 9.17) is 0 Å². The Kier molecular flexibility index (Phi) is 3.18. The van der Waals surface area contributed by atoms with Crippen LogP contribution < -0.4 is 0 Å². The number of aryl methyl sites for hydroxylation is 1.